The van der Waals surface area contributed by atoms with E-state index < -0.39 is 0 Å². The monoisotopic (exact) mass is 173 g/mol. The number of nitrogens with zero attached hydrogens (tertiary/aromatic N) is 1. The van der Waals surface area contributed by atoms with Crippen molar-refractivity contribution in [2.45, 2.75) is 20.3 Å². The Morgan fingerprint density at radius 1 is 1.23 bits per heavy atom. The van der Waals surface area contributed by atoms with Crippen molar-refractivity contribution in [2.75, 3.05) is 11.9 Å². The van der Waals surface area contributed by atoms with Crippen LogP contribution in [0.4, 0.5) is 5.69 Å². The lowest BCUT2D eigenvalue weighted by molar-refractivity contribution is 1.02. The standard InChI is InChI=1S/C12H15N/c1-9-4-5-12-11(6-9)7-10(2)8-13(12)3/h4-6,8H,7H2,1-3H3. The molecule has 1 aromatic rings. The molecule has 1 heterocycles. The molecule has 13 heavy (non-hydrogen) atoms. The molecule has 68 valence electrons. The van der Waals surface area contributed by atoms with Crippen molar-refractivity contribution in [1.82, 2.24) is 0 Å². The van der Waals surface area contributed by atoms with Gasteiger partial charge in [0, 0.05) is 18.9 Å². The molecule has 1 aliphatic heterocycles. The van der Waals surface area contributed by atoms with Gasteiger partial charge in [-0.3, -0.25) is 0 Å². The summed E-state index contributed by atoms with van der Waals surface area (Å²) in [6, 6.07) is 6.65. The van der Waals surface area contributed by atoms with Gasteiger partial charge in [0.15, 0.2) is 0 Å². The third-order valence-electron chi connectivity index (χ3n) is 2.50. The maximum atomic E-state index is 2.28. The predicted molar refractivity (Wildman–Crippen MR) is 57.0 cm³/mol. The van der Waals surface area contributed by atoms with Gasteiger partial charge in [-0.1, -0.05) is 23.3 Å². The van der Waals surface area contributed by atoms with Crippen LogP contribution in [-0.2, 0) is 6.42 Å². The number of hydrogen-bond donors (Lipinski definition) is 0. The van der Waals surface area contributed by atoms with E-state index in [0.717, 1.165) is 6.42 Å². The molecule has 0 unspecified atom stereocenters. The van der Waals surface area contributed by atoms with E-state index in [1.165, 1.54) is 22.4 Å². The van der Waals surface area contributed by atoms with Gasteiger partial charge in [0.25, 0.3) is 0 Å². The van der Waals surface area contributed by atoms with E-state index in [4.69, 9.17) is 0 Å². The number of benzene rings is 1. The van der Waals surface area contributed by atoms with Crippen molar-refractivity contribution >= 4 is 5.69 Å². The molecule has 0 saturated carbocycles. The van der Waals surface area contributed by atoms with Gasteiger partial charge in [0.05, 0.1) is 0 Å². The lowest BCUT2D eigenvalue weighted by Crippen LogP contribution is -2.16. The Hall–Kier alpha value is -1.24. The van der Waals surface area contributed by atoms with Gasteiger partial charge in [-0.25, -0.2) is 0 Å². The molecule has 0 saturated heterocycles. The lowest BCUT2D eigenvalue weighted by Gasteiger charge is -2.25. The average molecular weight is 173 g/mol. The zero-order valence-corrected chi connectivity index (χ0v) is 8.46. The molecular weight excluding hydrogens is 158 g/mol. The van der Waals surface area contributed by atoms with E-state index in [2.05, 4.69) is 50.2 Å². The maximum absolute atomic E-state index is 2.28. The summed E-state index contributed by atoms with van der Waals surface area (Å²) in [7, 11) is 2.11. The average Bonchev–Trinajstić information content (AvgIpc) is 2.02. The van der Waals surface area contributed by atoms with Crippen molar-refractivity contribution < 1.29 is 0 Å². The van der Waals surface area contributed by atoms with Crippen molar-refractivity contribution in [3.8, 4) is 0 Å². The maximum Gasteiger partial charge on any atom is 0.0439 e. The Balaban J connectivity index is 2.50. The second kappa shape index (κ2) is 2.91. The van der Waals surface area contributed by atoms with Gasteiger partial charge < -0.3 is 4.90 Å². The van der Waals surface area contributed by atoms with Crippen LogP contribution in [0.25, 0.3) is 0 Å². The summed E-state index contributed by atoms with van der Waals surface area (Å²) in [5, 5.41) is 0. The van der Waals surface area contributed by atoms with Gasteiger partial charge in [-0.15, -0.1) is 0 Å². The van der Waals surface area contributed by atoms with Gasteiger partial charge in [-0.2, -0.15) is 0 Å². The van der Waals surface area contributed by atoms with Gasteiger partial charge in [0.2, 0.25) is 0 Å². The molecule has 0 fully saturated rings. The quantitative estimate of drug-likeness (QED) is 0.583. The van der Waals surface area contributed by atoms with Crippen molar-refractivity contribution in [3.63, 3.8) is 0 Å². The highest BCUT2D eigenvalue weighted by atomic mass is 15.1. The van der Waals surface area contributed by atoms with E-state index in [-0.39, 0.29) is 0 Å². The number of hydrogen-bond acceptors (Lipinski definition) is 1. The lowest BCUT2D eigenvalue weighted by atomic mass is 9.99. The largest absolute Gasteiger partial charge is 0.351 e. The third kappa shape index (κ3) is 1.46. The Labute approximate surface area is 79.7 Å². The number of fused-ring (bicyclic) bond motifs is 1. The first-order chi connectivity index (χ1) is 6.16. The normalized spacial score (nSPS) is 15.3. The summed E-state index contributed by atoms with van der Waals surface area (Å²) in [6.07, 6.45) is 3.30. The van der Waals surface area contributed by atoms with Gasteiger partial charge in [0.1, 0.15) is 0 Å². The molecular formula is C12H15N. The molecule has 1 nitrogen and oxygen atoms in total. The molecule has 0 amide bonds. The molecule has 1 heteroatoms. The molecule has 0 spiro atoms. The Morgan fingerprint density at radius 3 is 2.77 bits per heavy atom. The third-order valence-corrected chi connectivity index (χ3v) is 2.50. The van der Waals surface area contributed by atoms with Crippen molar-refractivity contribution in [3.05, 3.63) is 41.1 Å². The summed E-state index contributed by atoms with van der Waals surface area (Å²) in [5.74, 6) is 0. The van der Waals surface area contributed by atoms with E-state index in [1.807, 2.05) is 0 Å². The van der Waals surface area contributed by atoms with Crippen LogP contribution in [0, 0.1) is 6.92 Å². The second-order valence-corrected chi connectivity index (χ2v) is 3.90. The van der Waals surface area contributed by atoms with Crippen LogP contribution in [0.2, 0.25) is 0 Å². The van der Waals surface area contributed by atoms with E-state index in [0.29, 0.717) is 0 Å². The minimum absolute atomic E-state index is 1.10. The first kappa shape index (κ1) is 8.36. The smallest absolute Gasteiger partial charge is 0.0439 e. The zero-order valence-electron chi connectivity index (χ0n) is 8.46. The second-order valence-electron chi connectivity index (χ2n) is 3.90. The molecule has 0 aliphatic carbocycles. The van der Waals surface area contributed by atoms with E-state index in [9.17, 15) is 0 Å². The van der Waals surface area contributed by atoms with Crippen LogP contribution in [0.5, 0.6) is 0 Å². The van der Waals surface area contributed by atoms with Crippen LogP contribution in [0.1, 0.15) is 18.1 Å². The number of anilines is 1. The highest BCUT2D eigenvalue weighted by Gasteiger charge is 2.11. The first-order valence-corrected chi connectivity index (χ1v) is 4.66. The molecule has 0 bridgehead atoms. The number of allylic oxidation sites excluding steroid dienone is 1. The van der Waals surface area contributed by atoms with Crippen LogP contribution in [0.3, 0.4) is 0 Å². The minimum Gasteiger partial charge on any atom is -0.351 e. The summed E-state index contributed by atoms with van der Waals surface area (Å²) in [6.45, 7) is 4.33. The summed E-state index contributed by atoms with van der Waals surface area (Å²) in [4.78, 5) is 2.20. The molecule has 0 atom stereocenters. The molecule has 2 rings (SSSR count). The summed E-state index contributed by atoms with van der Waals surface area (Å²) < 4.78 is 0. The highest BCUT2D eigenvalue weighted by molar-refractivity contribution is 5.60. The predicted octanol–water partition coefficient (Wildman–Crippen LogP) is 2.89. The first-order valence-electron chi connectivity index (χ1n) is 4.66. The van der Waals surface area contributed by atoms with Gasteiger partial charge >= 0.3 is 0 Å². The fourth-order valence-electron chi connectivity index (χ4n) is 1.95. The summed E-state index contributed by atoms with van der Waals surface area (Å²) >= 11 is 0. The SMILES string of the molecule is CC1=CN(C)c2ccc(C)cc2C1. The van der Waals surface area contributed by atoms with Crippen LogP contribution in [-0.4, -0.2) is 7.05 Å². The fourth-order valence-corrected chi connectivity index (χ4v) is 1.95. The topological polar surface area (TPSA) is 3.24 Å². The molecule has 1 aliphatic rings. The van der Waals surface area contributed by atoms with Crippen LogP contribution < -0.4 is 4.90 Å². The number of aryl methyl sites for hydroxylation is 1. The molecule has 1 aromatic carbocycles. The summed E-state index contributed by atoms with van der Waals surface area (Å²) in [5.41, 5.74) is 5.57. The Morgan fingerprint density at radius 2 is 2.00 bits per heavy atom. The van der Waals surface area contributed by atoms with Crippen LogP contribution in [0.15, 0.2) is 30.0 Å². The molecule has 0 N–H and O–H groups in total. The molecule has 0 aromatic heterocycles. The van der Waals surface area contributed by atoms with Crippen LogP contribution >= 0.6 is 0 Å². The zero-order chi connectivity index (χ0) is 9.42. The number of rotatable bonds is 0. The van der Waals surface area contributed by atoms with Crippen molar-refractivity contribution in [1.29, 1.82) is 0 Å². The highest BCUT2D eigenvalue weighted by Crippen LogP contribution is 2.28. The van der Waals surface area contributed by atoms with E-state index in [1.54, 1.807) is 0 Å². The molecule has 0 radical (unpaired) electrons. The Bertz CT molecular complexity index is 363. The Kier molecular flexibility index (Phi) is 1.87. The van der Waals surface area contributed by atoms with Crippen molar-refractivity contribution in [2.24, 2.45) is 0 Å². The fraction of sp³-hybridized carbons (Fsp3) is 0.333. The van der Waals surface area contributed by atoms with Gasteiger partial charge in [-0.05, 0) is 31.9 Å². The minimum atomic E-state index is 1.10. The van der Waals surface area contributed by atoms with E-state index >= 15 is 0 Å².